The van der Waals surface area contributed by atoms with E-state index in [0.717, 1.165) is 35.8 Å². The number of carbonyl (C=O) groups is 1. The van der Waals surface area contributed by atoms with Crippen LogP contribution in [0.5, 0.6) is 0 Å². The summed E-state index contributed by atoms with van der Waals surface area (Å²) < 4.78 is 11.3. The van der Waals surface area contributed by atoms with Gasteiger partial charge in [-0.15, -0.1) is 0 Å². The average Bonchev–Trinajstić information content (AvgIpc) is 3.24. The quantitative estimate of drug-likeness (QED) is 0.660. The fraction of sp³-hybridized carbons (Fsp3) is 0.333. The van der Waals surface area contributed by atoms with Crippen molar-refractivity contribution in [3.63, 3.8) is 0 Å². The number of nitrogens with one attached hydrogen (secondary N) is 1. The molecule has 0 aliphatic carbocycles. The van der Waals surface area contributed by atoms with Crippen LogP contribution in [0, 0.1) is 13.8 Å². The van der Waals surface area contributed by atoms with Crippen molar-refractivity contribution < 1.29 is 13.9 Å². The van der Waals surface area contributed by atoms with E-state index >= 15 is 0 Å². The third-order valence-corrected chi connectivity index (χ3v) is 5.44. The van der Waals surface area contributed by atoms with Gasteiger partial charge in [-0.25, -0.2) is 4.98 Å². The maximum Gasteiger partial charge on any atom is 0.224 e. The number of anilines is 2. The molecule has 1 fully saturated rings. The third kappa shape index (κ3) is 4.71. The Labute approximate surface area is 176 Å². The van der Waals surface area contributed by atoms with Crippen molar-refractivity contribution in [1.29, 1.82) is 0 Å². The van der Waals surface area contributed by atoms with E-state index in [2.05, 4.69) is 41.2 Å². The number of morpholine rings is 1. The third-order valence-electron chi connectivity index (χ3n) is 5.44. The SMILES string of the molecule is Cc1ccc(-c2cnc(CCC(=O)Nc3ccccc3N3CCOCC3)o2)cc1C. The van der Waals surface area contributed by atoms with E-state index in [4.69, 9.17) is 9.15 Å². The van der Waals surface area contributed by atoms with Crippen LogP contribution in [-0.4, -0.2) is 37.2 Å². The number of aryl methyl sites for hydroxylation is 3. The first-order valence-electron chi connectivity index (χ1n) is 10.3. The zero-order valence-corrected chi connectivity index (χ0v) is 17.5. The van der Waals surface area contributed by atoms with E-state index < -0.39 is 0 Å². The Morgan fingerprint density at radius 3 is 2.70 bits per heavy atom. The van der Waals surface area contributed by atoms with Gasteiger partial charge in [-0.05, 0) is 43.2 Å². The van der Waals surface area contributed by atoms with E-state index in [1.54, 1.807) is 6.20 Å². The summed E-state index contributed by atoms with van der Waals surface area (Å²) in [6.07, 6.45) is 2.49. The molecule has 0 radical (unpaired) electrons. The number of carbonyl (C=O) groups excluding carboxylic acids is 1. The number of amides is 1. The molecule has 3 aromatic rings. The van der Waals surface area contributed by atoms with Gasteiger partial charge in [0.15, 0.2) is 11.7 Å². The van der Waals surface area contributed by atoms with Gasteiger partial charge in [0.2, 0.25) is 5.91 Å². The summed E-state index contributed by atoms with van der Waals surface area (Å²) in [5, 5.41) is 3.04. The number of ether oxygens (including phenoxy) is 1. The van der Waals surface area contributed by atoms with Crippen LogP contribution in [0.2, 0.25) is 0 Å². The minimum Gasteiger partial charge on any atom is -0.441 e. The first kappa shape index (κ1) is 20.2. The summed E-state index contributed by atoms with van der Waals surface area (Å²) in [5.74, 6) is 1.24. The van der Waals surface area contributed by atoms with Gasteiger partial charge in [0.05, 0.1) is 30.8 Å². The van der Waals surface area contributed by atoms with Crippen LogP contribution < -0.4 is 10.2 Å². The first-order valence-corrected chi connectivity index (χ1v) is 10.3. The van der Waals surface area contributed by atoms with Crippen molar-refractivity contribution in [3.8, 4) is 11.3 Å². The van der Waals surface area contributed by atoms with Gasteiger partial charge in [-0.1, -0.05) is 24.3 Å². The summed E-state index contributed by atoms with van der Waals surface area (Å²) in [6, 6.07) is 14.1. The number of rotatable bonds is 6. The highest BCUT2D eigenvalue weighted by Crippen LogP contribution is 2.27. The molecule has 2 heterocycles. The standard InChI is InChI=1S/C24H27N3O3/c1-17-7-8-19(15-18(17)2)22-16-25-24(30-22)10-9-23(28)26-20-5-3-4-6-21(20)27-11-13-29-14-12-27/h3-8,15-16H,9-14H2,1-2H3,(H,26,28). The second-order valence-corrected chi connectivity index (χ2v) is 7.58. The lowest BCUT2D eigenvalue weighted by Crippen LogP contribution is -2.36. The number of nitrogens with zero attached hydrogens (tertiary/aromatic N) is 2. The molecule has 4 rings (SSSR count). The molecule has 6 nitrogen and oxygen atoms in total. The lowest BCUT2D eigenvalue weighted by molar-refractivity contribution is -0.116. The van der Waals surface area contributed by atoms with Crippen molar-refractivity contribution in [1.82, 2.24) is 4.98 Å². The van der Waals surface area contributed by atoms with Gasteiger partial charge in [0, 0.05) is 31.5 Å². The number of hydrogen-bond acceptors (Lipinski definition) is 5. The lowest BCUT2D eigenvalue weighted by Gasteiger charge is -2.30. The molecule has 1 aromatic heterocycles. The molecule has 0 bridgehead atoms. The van der Waals surface area contributed by atoms with E-state index in [-0.39, 0.29) is 5.91 Å². The normalized spacial score (nSPS) is 14.0. The zero-order valence-electron chi connectivity index (χ0n) is 17.5. The molecule has 30 heavy (non-hydrogen) atoms. The largest absolute Gasteiger partial charge is 0.441 e. The topological polar surface area (TPSA) is 67.6 Å². The number of benzene rings is 2. The van der Waals surface area contributed by atoms with E-state index in [9.17, 15) is 4.79 Å². The lowest BCUT2D eigenvalue weighted by atomic mass is 10.1. The Morgan fingerprint density at radius 2 is 1.90 bits per heavy atom. The van der Waals surface area contributed by atoms with Crippen LogP contribution in [-0.2, 0) is 16.0 Å². The summed E-state index contributed by atoms with van der Waals surface area (Å²) in [6.45, 7) is 7.22. The van der Waals surface area contributed by atoms with Crippen LogP contribution in [0.25, 0.3) is 11.3 Å². The molecule has 0 unspecified atom stereocenters. The summed E-state index contributed by atoms with van der Waals surface area (Å²) >= 11 is 0. The van der Waals surface area contributed by atoms with Gasteiger partial charge in [0.25, 0.3) is 0 Å². The minimum absolute atomic E-state index is 0.0540. The number of para-hydroxylation sites is 2. The summed E-state index contributed by atoms with van der Waals surface area (Å²) in [5.41, 5.74) is 5.31. The highest BCUT2D eigenvalue weighted by atomic mass is 16.5. The number of aromatic nitrogens is 1. The molecule has 0 saturated carbocycles. The van der Waals surface area contributed by atoms with E-state index in [0.29, 0.717) is 31.9 Å². The fourth-order valence-electron chi connectivity index (χ4n) is 3.55. The molecule has 156 valence electrons. The Morgan fingerprint density at radius 1 is 1.10 bits per heavy atom. The predicted octanol–water partition coefficient (Wildman–Crippen LogP) is 4.37. The minimum atomic E-state index is -0.0540. The molecule has 6 heteroatoms. The van der Waals surface area contributed by atoms with Crippen LogP contribution in [0.15, 0.2) is 53.1 Å². The highest BCUT2D eigenvalue weighted by Gasteiger charge is 2.16. The zero-order chi connectivity index (χ0) is 20.9. The summed E-state index contributed by atoms with van der Waals surface area (Å²) in [4.78, 5) is 19.1. The first-order chi connectivity index (χ1) is 14.6. The number of oxazole rings is 1. The Kier molecular flexibility index (Phi) is 6.14. The highest BCUT2D eigenvalue weighted by molar-refractivity contribution is 5.94. The maximum absolute atomic E-state index is 12.6. The molecule has 0 atom stereocenters. The molecule has 0 spiro atoms. The van der Waals surface area contributed by atoms with Crippen LogP contribution in [0.3, 0.4) is 0 Å². The molecule has 1 amide bonds. The molecule has 2 aromatic carbocycles. The van der Waals surface area contributed by atoms with Crippen molar-refractivity contribution in [2.75, 3.05) is 36.5 Å². The van der Waals surface area contributed by atoms with Crippen molar-refractivity contribution in [2.45, 2.75) is 26.7 Å². The summed E-state index contributed by atoms with van der Waals surface area (Å²) in [7, 11) is 0. The molecular weight excluding hydrogens is 378 g/mol. The van der Waals surface area contributed by atoms with E-state index in [1.807, 2.05) is 30.3 Å². The Hall–Kier alpha value is -3.12. The van der Waals surface area contributed by atoms with Gasteiger partial charge in [0.1, 0.15) is 0 Å². The van der Waals surface area contributed by atoms with Crippen molar-refractivity contribution in [2.24, 2.45) is 0 Å². The van der Waals surface area contributed by atoms with Gasteiger partial charge in [-0.3, -0.25) is 4.79 Å². The van der Waals surface area contributed by atoms with Crippen LogP contribution in [0.4, 0.5) is 11.4 Å². The second-order valence-electron chi connectivity index (χ2n) is 7.58. The fourth-order valence-corrected chi connectivity index (χ4v) is 3.55. The Balaban J connectivity index is 1.37. The van der Waals surface area contributed by atoms with Gasteiger partial charge >= 0.3 is 0 Å². The van der Waals surface area contributed by atoms with E-state index in [1.165, 1.54) is 11.1 Å². The molecule has 1 aliphatic rings. The Bertz CT molecular complexity index is 1020. The van der Waals surface area contributed by atoms with Crippen molar-refractivity contribution >= 4 is 17.3 Å². The maximum atomic E-state index is 12.6. The second kappa shape index (κ2) is 9.13. The smallest absolute Gasteiger partial charge is 0.224 e. The van der Waals surface area contributed by atoms with Gasteiger partial charge < -0.3 is 19.4 Å². The monoisotopic (exact) mass is 405 g/mol. The molecule has 1 aliphatic heterocycles. The van der Waals surface area contributed by atoms with Crippen LogP contribution >= 0.6 is 0 Å². The predicted molar refractivity (Wildman–Crippen MR) is 118 cm³/mol. The molecule has 1 saturated heterocycles. The average molecular weight is 405 g/mol. The molecule has 1 N–H and O–H groups in total. The van der Waals surface area contributed by atoms with Gasteiger partial charge in [-0.2, -0.15) is 0 Å². The van der Waals surface area contributed by atoms with Crippen molar-refractivity contribution in [3.05, 3.63) is 65.7 Å². The van der Waals surface area contributed by atoms with Crippen LogP contribution in [0.1, 0.15) is 23.4 Å². The molecular formula is C24H27N3O3. The number of hydrogen-bond donors (Lipinski definition) is 1.